The number of guanidine groups is 1. The van der Waals surface area contributed by atoms with Crippen LogP contribution in [0.4, 0.5) is 0 Å². The number of halogens is 1. The third-order valence-corrected chi connectivity index (χ3v) is 1.75. The molecule has 0 saturated carbocycles. The normalized spacial score (nSPS) is 10.8. The van der Waals surface area contributed by atoms with Gasteiger partial charge in [-0.25, -0.2) is 0 Å². The third-order valence-electron chi connectivity index (χ3n) is 1.75. The van der Waals surface area contributed by atoms with Crippen molar-refractivity contribution in [1.29, 1.82) is 0 Å². The molecule has 0 rings (SSSR count). The summed E-state index contributed by atoms with van der Waals surface area (Å²) < 4.78 is 0. The Morgan fingerprint density at radius 3 is 2.24 bits per heavy atom. The molecule has 0 aromatic heterocycles. The predicted octanol–water partition coefficient (Wildman–Crippen LogP) is 0.952. The van der Waals surface area contributed by atoms with Crippen molar-refractivity contribution < 1.29 is 4.79 Å². The Labute approximate surface area is 121 Å². The molecule has 0 aliphatic rings. The quantitative estimate of drug-likeness (QED) is 0.287. The number of carbonyl (C=O) groups excluding carboxylic acids is 1. The van der Waals surface area contributed by atoms with E-state index in [9.17, 15) is 4.79 Å². The highest BCUT2D eigenvalue weighted by Gasteiger charge is 1.97. The van der Waals surface area contributed by atoms with Crippen LogP contribution in [0.25, 0.3) is 0 Å². The molecule has 3 N–H and O–H groups in total. The predicted molar refractivity (Wildman–Crippen MR) is 82.9 cm³/mol. The van der Waals surface area contributed by atoms with Crippen molar-refractivity contribution in [2.75, 3.05) is 26.2 Å². The Bertz CT molecular complexity index is 232. The average molecular weight is 356 g/mol. The van der Waals surface area contributed by atoms with Crippen LogP contribution in [0.2, 0.25) is 0 Å². The molecule has 0 aromatic carbocycles. The molecule has 5 nitrogen and oxygen atoms in total. The highest BCUT2D eigenvalue weighted by molar-refractivity contribution is 14.0. The Morgan fingerprint density at radius 2 is 1.76 bits per heavy atom. The van der Waals surface area contributed by atoms with Crippen molar-refractivity contribution in [1.82, 2.24) is 16.0 Å². The first kappa shape index (κ1) is 18.8. The SMILES string of the molecule is CCNC(=NCC(C)C)NCCNC(C)=O.I. The summed E-state index contributed by atoms with van der Waals surface area (Å²) in [6.07, 6.45) is 0. The van der Waals surface area contributed by atoms with Crippen molar-refractivity contribution in [2.24, 2.45) is 10.9 Å². The summed E-state index contributed by atoms with van der Waals surface area (Å²) in [5, 5.41) is 9.03. The number of amides is 1. The molecule has 0 spiro atoms. The van der Waals surface area contributed by atoms with Gasteiger partial charge in [-0.1, -0.05) is 13.8 Å². The summed E-state index contributed by atoms with van der Waals surface area (Å²) in [7, 11) is 0. The van der Waals surface area contributed by atoms with Gasteiger partial charge in [0.25, 0.3) is 0 Å². The molecule has 0 heterocycles. The molecule has 0 fully saturated rings. The Kier molecular flexibility index (Phi) is 13.2. The number of nitrogens with zero attached hydrogens (tertiary/aromatic N) is 1. The summed E-state index contributed by atoms with van der Waals surface area (Å²) in [4.78, 5) is 15.1. The third kappa shape index (κ3) is 13.4. The Morgan fingerprint density at radius 1 is 1.18 bits per heavy atom. The van der Waals surface area contributed by atoms with Crippen LogP contribution in [0.3, 0.4) is 0 Å². The summed E-state index contributed by atoms with van der Waals surface area (Å²) in [5.74, 6) is 1.35. The zero-order valence-corrected chi connectivity index (χ0v) is 13.5. The average Bonchev–Trinajstić information content (AvgIpc) is 2.20. The van der Waals surface area contributed by atoms with E-state index in [4.69, 9.17) is 0 Å². The standard InChI is InChI=1S/C11H24N4O.HI/c1-5-12-11(15-8-9(2)3)14-7-6-13-10(4)16;/h9H,5-8H2,1-4H3,(H,13,16)(H2,12,14,15);1H. The van der Waals surface area contributed by atoms with Gasteiger partial charge in [0, 0.05) is 33.1 Å². The molecule has 0 aromatic rings. The van der Waals surface area contributed by atoms with E-state index >= 15 is 0 Å². The second-order valence-corrected chi connectivity index (χ2v) is 4.02. The summed E-state index contributed by atoms with van der Waals surface area (Å²) >= 11 is 0. The maximum atomic E-state index is 10.6. The second-order valence-electron chi connectivity index (χ2n) is 4.02. The first-order valence-electron chi connectivity index (χ1n) is 5.82. The molecule has 0 aliphatic heterocycles. The summed E-state index contributed by atoms with van der Waals surface area (Å²) in [6, 6.07) is 0. The van der Waals surface area contributed by atoms with Crippen LogP contribution >= 0.6 is 24.0 Å². The van der Waals surface area contributed by atoms with Crippen LogP contribution in [0.15, 0.2) is 4.99 Å². The maximum Gasteiger partial charge on any atom is 0.216 e. The van der Waals surface area contributed by atoms with Crippen LogP contribution in [-0.2, 0) is 4.79 Å². The minimum atomic E-state index is -0.00841. The van der Waals surface area contributed by atoms with Crippen molar-refractivity contribution >= 4 is 35.8 Å². The molecule has 0 atom stereocenters. The van der Waals surface area contributed by atoms with Gasteiger partial charge in [-0.05, 0) is 12.8 Å². The molecular weight excluding hydrogens is 331 g/mol. The molecule has 0 saturated heterocycles. The van der Waals surface area contributed by atoms with E-state index in [2.05, 4.69) is 34.8 Å². The number of carbonyl (C=O) groups is 1. The second kappa shape index (κ2) is 11.9. The van der Waals surface area contributed by atoms with Crippen molar-refractivity contribution in [3.8, 4) is 0 Å². The lowest BCUT2D eigenvalue weighted by molar-refractivity contribution is -0.118. The van der Waals surface area contributed by atoms with Gasteiger partial charge >= 0.3 is 0 Å². The molecule has 0 unspecified atom stereocenters. The number of rotatable bonds is 6. The summed E-state index contributed by atoms with van der Waals surface area (Å²) in [5.41, 5.74) is 0. The lowest BCUT2D eigenvalue weighted by Crippen LogP contribution is -2.41. The Balaban J connectivity index is 0. The Hall–Kier alpha value is -0.530. The van der Waals surface area contributed by atoms with Crippen molar-refractivity contribution in [3.63, 3.8) is 0 Å². The summed E-state index contributed by atoms with van der Waals surface area (Å²) in [6.45, 7) is 10.7. The van der Waals surface area contributed by atoms with E-state index in [1.165, 1.54) is 6.92 Å². The first-order valence-corrected chi connectivity index (χ1v) is 5.82. The topological polar surface area (TPSA) is 65.5 Å². The first-order chi connectivity index (χ1) is 7.56. The zero-order chi connectivity index (χ0) is 12.4. The highest BCUT2D eigenvalue weighted by atomic mass is 127. The van der Waals surface area contributed by atoms with E-state index in [0.717, 1.165) is 19.0 Å². The van der Waals surface area contributed by atoms with E-state index < -0.39 is 0 Å². The monoisotopic (exact) mass is 356 g/mol. The van der Waals surface area contributed by atoms with Gasteiger partial charge in [0.2, 0.25) is 5.91 Å². The number of hydrogen-bond acceptors (Lipinski definition) is 2. The number of hydrogen-bond donors (Lipinski definition) is 3. The van der Waals surface area contributed by atoms with Gasteiger partial charge in [-0.15, -0.1) is 24.0 Å². The maximum absolute atomic E-state index is 10.6. The lowest BCUT2D eigenvalue weighted by atomic mass is 10.2. The molecular formula is C11H25IN4O. The fraction of sp³-hybridized carbons (Fsp3) is 0.818. The van der Waals surface area contributed by atoms with Gasteiger partial charge in [-0.2, -0.15) is 0 Å². The molecule has 0 aliphatic carbocycles. The minimum absolute atomic E-state index is 0. The van der Waals surface area contributed by atoms with Gasteiger partial charge < -0.3 is 16.0 Å². The van der Waals surface area contributed by atoms with Crippen LogP contribution < -0.4 is 16.0 Å². The fourth-order valence-electron chi connectivity index (χ4n) is 1.04. The van der Waals surface area contributed by atoms with Gasteiger partial charge in [-0.3, -0.25) is 9.79 Å². The minimum Gasteiger partial charge on any atom is -0.357 e. The van der Waals surface area contributed by atoms with Gasteiger partial charge in [0.1, 0.15) is 0 Å². The van der Waals surface area contributed by atoms with Crippen molar-refractivity contribution in [2.45, 2.75) is 27.7 Å². The van der Waals surface area contributed by atoms with E-state index in [0.29, 0.717) is 19.0 Å². The van der Waals surface area contributed by atoms with Crippen LogP contribution in [0, 0.1) is 5.92 Å². The largest absolute Gasteiger partial charge is 0.357 e. The van der Waals surface area contributed by atoms with E-state index in [-0.39, 0.29) is 29.9 Å². The van der Waals surface area contributed by atoms with Crippen molar-refractivity contribution in [3.05, 3.63) is 0 Å². The smallest absolute Gasteiger partial charge is 0.216 e. The van der Waals surface area contributed by atoms with Gasteiger partial charge in [0.15, 0.2) is 5.96 Å². The molecule has 102 valence electrons. The number of nitrogens with one attached hydrogen (secondary N) is 3. The molecule has 1 amide bonds. The molecule has 0 bridgehead atoms. The molecule has 17 heavy (non-hydrogen) atoms. The van der Waals surface area contributed by atoms with Crippen LogP contribution in [0.1, 0.15) is 27.7 Å². The number of aliphatic imine (C=N–C) groups is 1. The zero-order valence-electron chi connectivity index (χ0n) is 11.2. The lowest BCUT2D eigenvalue weighted by Gasteiger charge is -2.12. The highest BCUT2D eigenvalue weighted by Crippen LogP contribution is 1.90. The van der Waals surface area contributed by atoms with Gasteiger partial charge in [0.05, 0.1) is 0 Å². The fourth-order valence-corrected chi connectivity index (χ4v) is 1.04. The van der Waals surface area contributed by atoms with Crippen LogP contribution in [-0.4, -0.2) is 38.0 Å². The van der Waals surface area contributed by atoms with Crippen LogP contribution in [0.5, 0.6) is 0 Å². The molecule has 6 heteroatoms. The van der Waals surface area contributed by atoms with E-state index in [1.54, 1.807) is 0 Å². The van der Waals surface area contributed by atoms with E-state index in [1.807, 2.05) is 6.92 Å². The molecule has 0 radical (unpaired) electrons.